The molecule has 0 spiro atoms. The van der Waals surface area contributed by atoms with Gasteiger partial charge in [0.05, 0.1) is 0 Å². The van der Waals surface area contributed by atoms with Gasteiger partial charge in [-0.05, 0) is 68.7 Å². The monoisotopic (exact) mass is 461 g/mol. The first-order valence-electron chi connectivity index (χ1n) is 13.0. The number of nitrogens with two attached hydrogens (primary N) is 1. The van der Waals surface area contributed by atoms with Crippen LogP contribution in [0.15, 0.2) is 52.4 Å². The summed E-state index contributed by atoms with van der Waals surface area (Å²) in [5, 5.41) is 6.06. The van der Waals surface area contributed by atoms with Crippen LogP contribution in [0.25, 0.3) is 10.8 Å². The van der Waals surface area contributed by atoms with Crippen LogP contribution in [0.5, 0.6) is 0 Å². The molecule has 1 atom stereocenters. The fraction of sp³-hybridized carbons (Fsp3) is 0.556. The Bertz CT molecular complexity index is 1030. The lowest BCUT2D eigenvalue weighted by atomic mass is 10.0. The second-order valence-electron chi connectivity index (χ2n) is 10.2. The number of aliphatic imine (C=N–C) groups is 2. The van der Waals surface area contributed by atoms with Gasteiger partial charge in [0, 0.05) is 24.8 Å². The maximum atomic E-state index is 6.74. The molecule has 1 aliphatic carbocycles. The highest BCUT2D eigenvalue weighted by Crippen LogP contribution is 2.27. The number of likely N-dealkylation sites (tertiary alicyclic amines) is 1. The molecule has 1 saturated heterocycles. The van der Waals surface area contributed by atoms with Crippen LogP contribution in [-0.4, -0.2) is 67.3 Å². The molecule has 5 rings (SSSR count). The molecule has 3 aliphatic rings. The number of fused-ring (bicyclic) bond motifs is 1. The summed E-state index contributed by atoms with van der Waals surface area (Å²) in [4.78, 5) is 16.8. The highest BCUT2D eigenvalue weighted by Gasteiger charge is 2.33. The van der Waals surface area contributed by atoms with E-state index in [0.717, 1.165) is 37.6 Å². The van der Waals surface area contributed by atoms with Crippen LogP contribution in [0.3, 0.4) is 0 Å². The molecule has 7 heteroatoms. The largest absolute Gasteiger partial charge is 0.352 e. The summed E-state index contributed by atoms with van der Waals surface area (Å²) in [5.41, 5.74) is 7.77. The average Bonchev–Trinajstić information content (AvgIpc) is 3.12. The van der Waals surface area contributed by atoms with Gasteiger partial charge in [0.25, 0.3) is 0 Å². The molecule has 2 aromatic carbocycles. The standard InChI is InChI=1S/C27H39N7/c1-32-17-15-23(16-18-32)33(2)27-31-26(29-22-11-5-3-4-6-12-22)30-25(28)34(27)24-14-13-20-9-7-8-10-21(20)19-24/h7-10,13-14,19,22-23,25H,3-6,11-12,15-18,28H2,1-2H3,(H,29,30). The van der Waals surface area contributed by atoms with E-state index in [-0.39, 0.29) is 0 Å². The van der Waals surface area contributed by atoms with E-state index in [0.29, 0.717) is 18.0 Å². The van der Waals surface area contributed by atoms with Gasteiger partial charge in [-0.25, -0.2) is 4.99 Å². The minimum Gasteiger partial charge on any atom is -0.352 e. The lowest BCUT2D eigenvalue weighted by molar-refractivity contribution is 0.190. The first kappa shape index (κ1) is 23.1. The van der Waals surface area contributed by atoms with Gasteiger partial charge in [0.15, 0.2) is 6.29 Å². The van der Waals surface area contributed by atoms with E-state index in [2.05, 4.69) is 76.6 Å². The first-order valence-corrected chi connectivity index (χ1v) is 13.0. The van der Waals surface area contributed by atoms with Crippen LogP contribution in [-0.2, 0) is 0 Å². The molecule has 0 bridgehead atoms. The van der Waals surface area contributed by atoms with Gasteiger partial charge in [0.2, 0.25) is 11.9 Å². The van der Waals surface area contributed by atoms with Crippen molar-refractivity contribution in [3.63, 3.8) is 0 Å². The molecule has 1 saturated carbocycles. The van der Waals surface area contributed by atoms with Crippen molar-refractivity contribution in [2.24, 2.45) is 15.7 Å². The summed E-state index contributed by atoms with van der Waals surface area (Å²) in [6.07, 6.45) is 9.27. The number of nitrogens with one attached hydrogen (secondary N) is 1. The molecular weight excluding hydrogens is 422 g/mol. The summed E-state index contributed by atoms with van der Waals surface area (Å²) < 4.78 is 0. The van der Waals surface area contributed by atoms with Crippen molar-refractivity contribution in [1.29, 1.82) is 0 Å². The SMILES string of the molecule is CN1CCC(N(C)C2=NC(NC3CCCCCC3)=NC(N)N2c2ccc3ccccc3c2)CC1. The summed E-state index contributed by atoms with van der Waals surface area (Å²) in [7, 11) is 4.37. The average molecular weight is 462 g/mol. The molecule has 2 fully saturated rings. The van der Waals surface area contributed by atoms with Crippen LogP contribution < -0.4 is 16.0 Å². The van der Waals surface area contributed by atoms with Crippen molar-refractivity contribution in [3.8, 4) is 0 Å². The topological polar surface area (TPSA) is 72.5 Å². The molecule has 182 valence electrons. The predicted octanol–water partition coefficient (Wildman–Crippen LogP) is 3.95. The Morgan fingerprint density at radius 3 is 2.38 bits per heavy atom. The minimum absolute atomic E-state index is 0.430. The number of piperidine rings is 1. The molecule has 0 aromatic heterocycles. The number of anilines is 1. The Morgan fingerprint density at radius 1 is 0.941 bits per heavy atom. The van der Waals surface area contributed by atoms with Crippen LogP contribution in [0.2, 0.25) is 0 Å². The van der Waals surface area contributed by atoms with Crippen molar-refractivity contribution >= 4 is 28.4 Å². The fourth-order valence-corrected chi connectivity index (χ4v) is 5.54. The highest BCUT2D eigenvalue weighted by atomic mass is 15.5. The zero-order valence-corrected chi connectivity index (χ0v) is 20.7. The normalized spacial score (nSPS) is 23.4. The maximum Gasteiger partial charge on any atom is 0.224 e. The zero-order chi connectivity index (χ0) is 23.5. The summed E-state index contributed by atoms with van der Waals surface area (Å²) in [6, 6.07) is 15.8. The molecule has 0 amide bonds. The van der Waals surface area contributed by atoms with Crippen LogP contribution >= 0.6 is 0 Å². The number of benzene rings is 2. The smallest absolute Gasteiger partial charge is 0.224 e. The first-order chi connectivity index (χ1) is 16.6. The number of rotatable bonds is 3. The molecule has 1 unspecified atom stereocenters. The second-order valence-corrected chi connectivity index (χ2v) is 10.2. The summed E-state index contributed by atoms with van der Waals surface area (Å²) in [5.74, 6) is 1.58. The van der Waals surface area contributed by atoms with Crippen LogP contribution in [0.4, 0.5) is 5.69 Å². The van der Waals surface area contributed by atoms with Gasteiger partial charge in [-0.2, -0.15) is 4.99 Å². The van der Waals surface area contributed by atoms with E-state index < -0.39 is 6.29 Å². The van der Waals surface area contributed by atoms with Crippen molar-refractivity contribution in [2.45, 2.75) is 69.7 Å². The van der Waals surface area contributed by atoms with E-state index in [9.17, 15) is 0 Å². The molecular formula is C27H39N7. The number of hydrogen-bond acceptors (Lipinski definition) is 7. The molecule has 34 heavy (non-hydrogen) atoms. The minimum atomic E-state index is -0.518. The second kappa shape index (κ2) is 10.3. The Kier molecular flexibility index (Phi) is 7.02. The van der Waals surface area contributed by atoms with Crippen LogP contribution in [0.1, 0.15) is 51.4 Å². The van der Waals surface area contributed by atoms with Crippen molar-refractivity contribution < 1.29 is 0 Å². The van der Waals surface area contributed by atoms with Crippen molar-refractivity contribution in [2.75, 3.05) is 32.1 Å². The van der Waals surface area contributed by atoms with E-state index in [1.807, 2.05) is 0 Å². The molecule has 2 aliphatic heterocycles. The molecule has 2 heterocycles. The molecule has 3 N–H and O–H groups in total. The lowest BCUT2D eigenvalue weighted by Gasteiger charge is -2.42. The van der Waals surface area contributed by atoms with Gasteiger partial charge in [-0.3, -0.25) is 10.6 Å². The Hall–Kier alpha value is -2.64. The van der Waals surface area contributed by atoms with Gasteiger partial charge < -0.3 is 15.1 Å². The quantitative estimate of drug-likeness (QED) is 0.677. The molecule has 2 aromatic rings. The predicted molar refractivity (Wildman–Crippen MR) is 142 cm³/mol. The van der Waals surface area contributed by atoms with Gasteiger partial charge in [0.1, 0.15) is 0 Å². The van der Waals surface area contributed by atoms with E-state index >= 15 is 0 Å². The summed E-state index contributed by atoms with van der Waals surface area (Å²) in [6.45, 7) is 2.21. The van der Waals surface area contributed by atoms with E-state index in [1.165, 1.54) is 49.3 Å². The molecule has 0 radical (unpaired) electrons. The van der Waals surface area contributed by atoms with Gasteiger partial charge in [-0.1, -0.05) is 56.0 Å². The zero-order valence-electron chi connectivity index (χ0n) is 20.7. The third-order valence-electron chi connectivity index (χ3n) is 7.69. The fourth-order valence-electron chi connectivity index (χ4n) is 5.54. The number of nitrogens with zero attached hydrogens (tertiary/aromatic N) is 5. The summed E-state index contributed by atoms with van der Waals surface area (Å²) >= 11 is 0. The Balaban J connectivity index is 1.46. The van der Waals surface area contributed by atoms with Crippen molar-refractivity contribution in [3.05, 3.63) is 42.5 Å². The lowest BCUT2D eigenvalue weighted by Crippen LogP contribution is -2.58. The van der Waals surface area contributed by atoms with Crippen LogP contribution in [0, 0.1) is 0 Å². The van der Waals surface area contributed by atoms with E-state index in [1.54, 1.807) is 0 Å². The van der Waals surface area contributed by atoms with E-state index in [4.69, 9.17) is 15.7 Å². The Morgan fingerprint density at radius 2 is 1.65 bits per heavy atom. The number of hydrogen-bond donors (Lipinski definition) is 2. The van der Waals surface area contributed by atoms with Gasteiger partial charge in [-0.15, -0.1) is 0 Å². The third kappa shape index (κ3) is 5.05. The number of guanidine groups is 2. The van der Waals surface area contributed by atoms with Crippen molar-refractivity contribution in [1.82, 2.24) is 15.1 Å². The van der Waals surface area contributed by atoms with Gasteiger partial charge >= 0.3 is 0 Å². The maximum absolute atomic E-state index is 6.74. The highest BCUT2D eigenvalue weighted by molar-refractivity contribution is 6.06. The Labute approximate surface area is 203 Å². The molecule has 7 nitrogen and oxygen atoms in total. The third-order valence-corrected chi connectivity index (χ3v) is 7.69.